The van der Waals surface area contributed by atoms with Crippen molar-refractivity contribution in [3.8, 4) is 0 Å². The van der Waals surface area contributed by atoms with Crippen LogP contribution >= 0.6 is 0 Å². The Morgan fingerprint density at radius 1 is 1.45 bits per heavy atom. The molecule has 0 aliphatic heterocycles. The van der Waals surface area contributed by atoms with Crippen LogP contribution in [-0.2, 0) is 19.1 Å². The topological polar surface area (TPSA) is 72.8 Å². The number of carbonyl (C=O) groups is 2. The number of rotatable bonds is 4. The van der Waals surface area contributed by atoms with E-state index < -0.39 is 11.9 Å². The van der Waals surface area contributed by atoms with Crippen LogP contribution in [-0.4, -0.2) is 36.9 Å². The third kappa shape index (κ3) is 6.95. The van der Waals surface area contributed by atoms with E-state index in [1.165, 1.54) is 0 Å². The zero-order valence-corrected chi connectivity index (χ0v) is 6.20. The number of esters is 2. The van der Waals surface area contributed by atoms with Crippen LogP contribution in [0.25, 0.3) is 0 Å². The summed E-state index contributed by atoms with van der Waals surface area (Å²) >= 11 is 0. The van der Waals surface area contributed by atoms with Crippen LogP contribution < -0.4 is 0 Å². The standard InChI is InChI=1S/C6H10O5/c1-5(8)11-6(9)4-10-3-2-7/h7H,2-4H2,1H3. The van der Waals surface area contributed by atoms with Gasteiger partial charge in [0.1, 0.15) is 6.61 Å². The Bertz CT molecular complexity index is 142. The molecule has 0 aromatic heterocycles. The molecule has 0 bridgehead atoms. The summed E-state index contributed by atoms with van der Waals surface area (Å²) in [6.07, 6.45) is 0. The maximum Gasteiger partial charge on any atom is 0.339 e. The molecule has 0 saturated carbocycles. The van der Waals surface area contributed by atoms with Crippen LogP contribution in [0.15, 0.2) is 0 Å². The van der Waals surface area contributed by atoms with Gasteiger partial charge in [-0.3, -0.25) is 4.79 Å². The van der Waals surface area contributed by atoms with Gasteiger partial charge in [-0.05, 0) is 0 Å². The first-order valence-electron chi connectivity index (χ1n) is 3.06. The quantitative estimate of drug-likeness (QED) is 0.329. The Kier molecular flexibility index (Phi) is 5.32. The predicted molar refractivity (Wildman–Crippen MR) is 34.7 cm³/mol. The lowest BCUT2D eigenvalue weighted by Crippen LogP contribution is -2.16. The molecule has 5 nitrogen and oxygen atoms in total. The Morgan fingerprint density at radius 3 is 2.55 bits per heavy atom. The van der Waals surface area contributed by atoms with Crippen molar-refractivity contribution < 1.29 is 24.2 Å². The molecule has 0 radical (unpaired) electrons. The van der Waals surface area contributed by atoms with E-state index in [0.29, 0.717) is 0 Å². The van der Waals surface area contributed by atoms with E-state index in [2.05, 4.69) is 9.47 Å². The molecule has 0 aromatic rings. The molecule has 1 N–H and O–H groups in total. The Labute approximate surface area is 63.9 Å². The number of aliphatic hydroxyl groups is 1. The Hall–Kier alpha value is -0.940. The van der Waals surface area contributed by atoms with Gasteiger partial charge in [-0.1, -0.05) is 0 Å². The summed E-state index contributed by atoms with van der Waals surface area (Å²) in [7, 11) is 0. The van der Waals surface area contributed by atoms with E-state index in [-0.39, 0.29) is 19.8 Å². The summed E-state index contributed by atoms with van der Waals surface area (Å²) in [5, 5.41) is 8.22. The van der Waals surface area contributed by atoms with Gasteiger partial charge in [0, 0.05) is 6.92 Å². The van der Waals surface area contributed by atoms with Gasteiger partial charge in [0.2, 0.25) is 0 Å². The van der Waals surface area contributed by atoms with Crippen molar-refractivity contribution in [1.82, 2.24) is 0 Å². The summed E-state index contributed by atoms with van der Waals surface area (Å²) in [5.41, 5.74) is 0. The van der Waals surface area contributed by atoms with Crippen LogP contribution in [0.2, 0.25) is 0 Å². The van der Waals surface area contributed by atoms with Crippen molar-refractivity contribution in [2.24, 2.45) is 0 Å². The summed E-state index contributed by atoms with van der Waals surface area (Å²) in [6, 6.07) is 0. The number of ether oxygens (including phenoxy) is 2. The van der Waals surface area contributed by atoms with Gasteiger partial charge in [-0.2, -0.15) is 0 Å². The lowest BCUT2D eigenvalue weighted by molar-refractivity contribution is -0.161. The normalized spacial score (nSPS) is 9.27. The van der Waals surface area contributed by atoms with Crippen molar-refractivity contribution in [1.29, 1.82) is 0 Å². The fourth-order valence-electron chi connectivity index (χ4n) is 0.410. The monoisotopic (exact) mass is 162 g/mol. The highest BCUT2D eigenvalue weighted by atomic mass is 16.6. The second-order valence-electron chi connectivity index (χ2n) is 1.74. The van der Waals surface area contributed by atoms with Crippen LogP contribution in [0.5, 0.6) is 0 Å². The van der Waals surface area contributed by atoms with E-state index >= 15 is 0 Å². The highest BCUT2D eigenvalue weighted by Gasteiger charge is 2.04. The first kappa shape index (κ1) is 10.1. The van der Waals surface area contributed by atoms with Gasteiger partial charge in [0.25, 0.3) is 0 Å². The largest absolute Gasteiger partial charge is 0.394 e. The molecule has 0 aliphatic rings. The molecule has 0 fully saturated rings. The average molecular weight is 162 g/mol. The summed E-state index contributed by atoms with van der Waals surface area (Å²) in [5.74, 6) is -1.41. The SMILES string of the molecule is CC(=O)OC(=O)COCCO. The van der Waals surface area contributed by atoms with Crippen LogP contribution in [0.4, 0.5) is 0 Å². The minimum Gasteiger partial charge on any atom is -0.394 e. The molecular formula is C6H10O5. The number of hydrogen-bond acceptors (Lipinski definition) is 5. The van der Waals surface area contributed by atoms with Crippen molar-refractivity contribution >= 4 is 11.9 Å². The fourth-order valence-corrected chi connectivity index (χ4v) is 0.410. The zero-order chi connectivity index (χ0) is 8.69. The van der Waals surface area contributed by atoms with Crippen LogP contribution in [0.3, 0.4) is 0 Å². The van der Waals surface area contributed by atoms with Gasteiger partial charge < -0.3 is 14.6 Å². The molecule has 0 atom stereocenters. The molecule has 5 heteroatoms. The molecule has 11 heavy (non-hydrogen) atoms. The minimum atomic E-state index is -0.744. The highest BCUT2D eigenvalue weighted by Crippen LogP contribution is 1.81. The first-order chi connectivity index (χ1) is 5.16. The summed E-state index contributed by atoms with van der Waals surface area (Å²) < 4.78 is 8.68. The van der Waals surface area contributed by atoms with E-state index in [0.717, 1.165) is 6.92 Å². The van der Waals surface area contributed by atoms with Crippen LogP contribution in [0, 0.1) is 0 Å². The average Bonchev–Trinajstić information content (AvgIpc) is 1.86. The Balaban J connectivity index is 3.30. The van der Waals surface area contributed by atoms with E-state index in [4.69, 9.17) is 5.11 Å². The van der Waals surface area contributed by atoms with Gasteiger partial charge in [-0.25, -0.2) is 4.79 Å². The lowest BCUT2D eigenvalue weighted by atomic mass is 10.7. The summed E-state index contributed by atoms with van der Waals surface area (Å²) in [6.45, 7) is 0.727. The smallest absolute Gasteiger partial charge is 0.339 e. The van der Waals surface area contributed by atoms with Crippen LogP contribution in [0.1, 0.15) is 6.92 Å². The molecule has 0 saturated heterocycles. The van der Waals surface area contributed by atoms with Crippen molar-refractivity contribution in [3.05, 3.63) is 0 Å². The molecule has 0 spiro atoms. The van der Waals surface area contributed by atoms with Gasteiger partial charge in [0.15, 0.2) is 0 Å². The second-order valence-corrected chi connectivity index (χ2v) is 1.74. The third-order valence-corrected chi connectivity index (χ3v) is 0.713. The van der Waals surface area contributed by atoms with Gasteiger partial charge in [0.05, 0.1) is 13.2 Å². The van der Waals surface area contributed by atoms with Crippen molar-refractivity contribution in [2.75, 3.05) is 19.8 Å². The Morgan fingerprint density at radius 2 is 2.09 bits per heavy atom. The van der Waals surface area contributed by atoms with Gasteiger partial charge in [-0.15, -0.1) is 0 Å². The molecule has 0 rings (SSSR count). The summed E-state index contributed by atoms with van der Waals surface area (Å²) in [4.78, 5) is 20.6. The van der Waals surface area contributed by atoms with E-state index in [1.807, 2.05) is 0 Å². The lowest BCUT2D eigenvalue weighted by Gasteiger charge is -1.99. The molecule has 0 aliphatic carbocycles. The number of carbonyl (C=O) groups excluding carboxylic acids is 2. The molecule has 0 amide bonds. The minimum absolute atomic E-state index is 0.0625. The zero-order valence-electron chi connectivity index (χ0n) is 6.20. The maximum atomic E-state index is 10.5. The van der Waals surface area contributed by atoms with Crippen molar-refractivity contribution in [2.45, 2.75) is 6.92 Å². The fraction of sp³-hybridized carbons (Fsp3) is 0.667. The van der Waals surface area contributed by atoms with E-state index in [9.17, 15) is 9.59 Å². The van der Waals surface area contributed by atoms with Crippen molar-refractivity contribution in [3.63, 3.8) is 0 Å². The molecule has 0 heterocycles. The number of hydrogen-bond donors (Lipinski definition) is 1. The molecule has 0 unspecified atom stereocenters. The third-order valence-electron chi connectivity index (χ3n) is 0.713. The van der Waals surface area contributed by atoms with E-state index in [1.54, 1.807) is 0 Å². The number of aliphatic hydroxyl groups excluding tert-OH is 1. The van der Waals surface area contributed by atoms with Gasteiger partial charge >= 0.3 is 11.9 Å². The first-order valence-corrected chi connectivity index (χ1v) is 3.06. The maximum absolute atomic E-state index is 10.5. The highest BCUT2D eigenvalue weighted by molar-refractivity contribution is 5.84. The molecular weight excluding hydrogens is 152 g/mol. The predicted octanol–water partition coefficient (Wildman–Crippen LogP) is -0.915. The molecule has 64 valence electrons. The second kappa shape index (κ2) is 5.82. The molecule has 0 aromatic carbocycles.